The highest BCUT2D eigenvalue weighted by molar-refractivity contribution is 5.35. The molecule has 1 aliphatic rings. The minimum Gasteiger partial charge on any atom is -0.343 e. The lowest BCUT2D eigenvalue weighted by molar-refractivity contribution is -0.277. The maximum Gasteiger partial charge on any atom is 0.416 e. The molecule has 0 bridgehead atoms. The summed E-state index contributed by atoms with van der Waals surface area (Å²) in [5.74, 6) is -2.39. The van der Waals surface area contributed by atoms with Gasteiger partial charge in [0.15, 0.2) is 0 Å². The van der Waals surface area contributed by atoms with Crippen LogP contribution in [0.1, 0.15) is 35.3 Å². The zero-order valence-electron chi connectivity index (χ0n) is 15.7. The number of ether oxygens (including phenoxy) is 2. The molecule has 1 saturated heterocycles. The summed E-state index contributed by atoms with van der Waals surface area (Å²) in [4.78, 5) is 0. The molecule has 10 heteroatoms. The summed E-state index contributed by atoms with van der Waals surface area (Å²) >= 11 is 0. The lowest BCUT2D eigenvalue weighted by Gasteiger charge is -2.40. The van der Waals surface area contributed by atoms with Gasteiger partial charge in [-0.15, -0.1) is 0 Å². The highest BCUT2D eigenvalue weighted by Crippen LogP contribution is 2.40. The maximum absolute atomic E-state index is 14.4. The lowest BCUT2D eigenvalue weighted by Crippen LogP contribution is -2.50. The number of nitrogens with one attached hydrogen (secondary N) is 1. The first-order chi connectivity index (χ1) is 13.9. The predicted octanol–water partition coefficient (Wildman–Crippen LogP) is 5.41. The lowest BCUT2D eigenvalue weighted by atomic mass is 10.00. The van der Waals surface area contributed by atoms with Crippen LogP contribution in [0.15, 0.2) is 42.5 Å². The molecule has 0 radical (unpaired) electrons. The zero-order valence-corrected chi connectivity index (χ0v) is 15.7. The van der Waals surface area contributed by atoms with E-state index in [4.69, 9.17) is 9.47 Å². The molecule has 1 N–H and O–H groups in total. The third-order valence-electron chi connectivity index (χ3n) is 4.70. The van der Waals surface area contributed by atoms with Crippen molar-refractivity contribution in [2.24, 2.45) is 0 Å². The smallest absolute Gasteiger partial charge is 0.343 e. The Labute approximate surface area is 167 Å². The average Bonchev–Trinajstić information content (AvgIpc) is 2.67. The van der Waals surface area contributed by atoms with E-state index in [2.05, 4.69) is 5.32 Å². The van der Waals surface area contributed by atoms with Crippen LogP contribution in [0.5, 0.6) is 0 Å². The van der Waals surface area contributed by atoms with Crippen LogP contribution in [-0.2, 0) is 27.6 Å². The van der Waals surface area contributed by atoms with Gasteiger partial charge in [-0.05, 0) is 36.8 Å². The third-order valence-corrected chi connectivity index (χ3v) is 4.70. The van der Waals surface area contributed by atoms with Gasteiger partial charge in [-0.1, -0.05) is 18.2 Å². The van der Waals surface area contributed by atoms with Crippen LogP contribution in [-0.4, -0.2) is 19.7 Å². The largest absolute Gasteiger partial charge is 0.416 e. The quantitative estimate of drug-likeness (QED) is 0.649. The molecule has 3 nitrogen and oxygen atoms in total. The Bertz CT molecular complexity index is 857. The molecule has 0 unspecified atom stereocenters. The molecular weight excluding hydrogens is 419 g/mol. The Kier molecular flexibility index (Phi) is 6.13. The van der Waals surface area contributed by atoms with Crippen molar-refractivity contribution in [1.82, 2.24) is 5.32 Å². The standard InChI is InChI=1S/C20H18F7NO2/c1-12(13-8-14(19(22,23)24)10-15(9-13)20(25,26)27)30-18(11-28-6-7-29-18)16-4-2-3-5-17(16)21/h2-5,8-10,12,28H,6-7,11H2,1H3/t12-,18+/m0/s1. The molecule has 0 aromatic heterocycles. The van der Waals surface area contributed by atoms with E-state index in [0.29, 0.717) is 18.7 Å². The molecule has 0 aliphatic carbocycles. The highest BCUT2D eigenvalue weighted by atomic mass is 19.4. The van der Waals surface area contributed by atoms with Gasteiger partial charge in [0.1, 0.15) is 5.82 Å². The van der Waals surface area contributed by atoms with E-state index in [1.807, 2.05) is 0 Å². The normalized spacial score (nSPS) is 21.5. The van der Waals surface area contributed by atoms with Crippen LogP contribution in [0.3, 0.4) is 0 Å². The minimum absolute atomic E-state index is 0.00734. The number of benzene rings is 2. The predicted molar refractivity (Wildman–Crippen MR) is 92.8 cm³/mol. The van der Waals surface area contributed by atoms with E-state index in [1.54, 1.807) is 0 Å². The van der Waals surface area contributed by atoms with Gasteiger partial charge in [0.05, 0.1) is 30.4 Å². The van der Waals surface area contributed by atoms with Crippen LogP contribution in [0, 0.1) is 5.82 Å². The van der Waals surface area contributed by atoms with E-state index in [0.717, 1.165) is 6.07 Å². The number of alkyl halides is 6. The number of halogens is 7. The van der Waals surface area contributed by atoms with Gasteiger partial charge >= 0.3 is 12.4 Å². The van der Waals surface area contributed by atoms with Crippen molar-refractivity contribution in [3.05, 3.63) is 70.5 Å². The Morgan fingerprint density at radius 2 is 1.60 bits per heavy atom. The Morgan fingerprint density at radius 1 is 1.00 bits per heavy atom. The summed E-state index contributed by atoms with van der Waals surface area (Å²) in [6, 6.07) is 6.74. The van der Waals surface area contributed by atoms with Gasteiger partial charge in [0.2, 0.25) is 5.79 Å². The zero-order chi connectivity index (χ0) is 22.2. The monoisotopic (exact) mass is 437 g/mol. The Morgan fingerprint density at radius 3 is 2.10 bits per heavy atom. The van der Waals surface area contributed by atoms with E-state index in [1.165, 1.54) is 25.1 Å². The van der Waals surface area contributed by atoms with Gasteiger partial charge in [-0.25, -0.2) is 4.39 Å². The molecule has 0 amide bonds. The third kappa shape index (κ3) is 4.76. The van der Waals surface area contributed by atoms with E-state index < -0.39 is 41.2 Å². The van der Waals surface area contributed by atoms with Crippen LogP contribution >= 0.6 is 0 Å². The van der Waals surface area contributed by atoms with E-state index in [-0.39, 0.29) is 30.3 Å². The summed E-state index contributed by atoms with van der Waals surface area (Å²) in [6.45, 7) is 1.78. The van der Waals surface area contributed by atoms with Gasteiger partial charge < -0.3 is 14.8 Å². The molecule has 0 spiro atoms. The molecule has 2 atom stereocenters. The van der Waals surface area contributed by atoms with Crippen LogP contribution in [0.25, 0.3) is 0 Å². The fourth-order valence-electron chi connectivity index (χ4n) is 3.24. The molecule has 30 heavy (non-hydrogen) atoms. The second kappa shape index (κ2) is 8.16. The summed E-state index contributed by atoms with van der Waals surface area (Å²) < 4.78 is 105. The van der Waals surface area contributed by atoms with Crippen LogP contribution in [0.4, 0.5) is 30.7 Å². The molecule has 0 saturated carbocycles. The fourth-order valence-corrected chi connectivity index (χ4v) is 3.24. The summed E-state index contributed by atoms with van der Waals surface area (Å²) in [5.41, 5.74) is -3.27. The van der Waals surface area contributed by atoms with Crippen molar-refractivity contribution in [2.45, 2.75) is 31.2 Å². The first-order valence-electron chi connectivity index (χ1n) is 8.99. The van der Waals surface area contributed by atoms with Crippen molar-refractivity contribution in [3.8, 4) is 0 Å². The second-order valence-corrected chi connectivity index (χ2v) is 6.86. The molecule has 1 aliphatic heterocycles. The van der Waals surface area contributed by atoms with Crippen LogP contribution < -0.4 is 5.32 Å². The van der Waals surface area contributed by atoms with Crippen molar-refractivity contribution in [1.29, 1.82) is 0 Å². The van der Waals surface area contributed by atoms with Gasteiger partial charge in [-0.3, -0.25) is 0 Å². The summed E-state index contributed by atoms with van der Waals surface area (Å²) in [5, 5.41) is 2.95. The van der Waals surface area contributed by atoms with Crippen molar-refractivity contribution in [2.75, 3.05) is 19.7 Å². The van der Waals surface area contributed by atoms with E-state index in [9.17, 15) is 30.7 Å². The number of hydrogen-bond donors (Lipinski definition) is 1. The summed E-state index contributed by atoms with van der Waals surface area (Å²) in [7, 11) is 0. The first-order valence-corrected chi connectivity index (χ1v) is 8.99. The molecule has 2 aromatic carbocycles. The minimum atomic E-state index is -4.98. The average molecular weight is 437 g/mol. The maximum atomic E-state index is 14.4. The van der Waals surface area contributed by atoms with Crippen LogP contribution in [0.2, 0.25) is 0 Å². The van der Waals surface area contributed by atoms with Gasteiger partial charge in [0, 0.05) is 12.1 Å². The topological polar surface area (TPSA) is 30.5 Å². The van der Waals surface area contributed by atoms with Gasteiger partial charge in [-0.2, -0.15) is 26.3 Å². The first kappa shape index (κ1) is 22.5. The number of rotatable bonds is 4. The fraction of sp³-hybridized carbons (Fsp3) is 0.400. The Hall–Kier alpha value is -2.17. The van der Waals surface area contributed by atoms with E-state index >= 15 is 0 Å². The second-order valence-electron chi connectivity index (χ2n) is 6.86. The van der Waals surface area contributed by atoms with Crippen molar-refractivity contribution in [3.63, 3.8) is 0 Å². The molecule has 164 valence electrons. The van der Waals surface area contributed by atoms with Crippen molar-refractivity contribution < 1.29 is 40.2 Å². The number of hydrogen-bond acceptors (Lipinski definition) is 3. The summed E-state index contributed by atoms with van der Waals surface area (Å²) in [6.07, 6.45) is -11.2. The van der Waals surface area contributed by atoms with Crippen molar-refractivity contribution >= 4 is 0 Å². The van der Waals surface area contributed by atoms with Gasteiger partial charge in [0.25, 0.3) is 0 Å². The highest BCUT2D eigenvalue weighted by Gasteiger charge is 2.42. The molecular formula is C20H18F7NO2. The number of morpholine rings is 1. The Balaban J connectivity index is 2.02. The molecule has 3 rings (SSSR count). The molecule has 1 heterocycles. The SMILES string of the molecule is C[C@H](O[C@@]1(c2ccccc2F)CNCCO1)c1cc(C(F)(F)F)cc(C(F)(F)F)c1. The molecule has 1 fully saturated rings. The molecule has 2 aromatic rings.